The molecule has 0 bridgehead atoms. The van der Waals surface area contributed by atoms with E-state index in [4.69, 9.17) is 4.99 Å². The average molecular weight is 415 g/mol. The van der Waals surface area contributed by atoms with E-state index < -0.39 is 0 Å². The number of hydrogen-bond donors (Lipinski definition) is 2. The molecule has 3 heterocycles. The van der Waals surface area contributed by atoms with Gasteiger partial charge in [0.2, 0.25) is 0 Å². The second kappa shape index (κ2) is 12.3. The molecule has 6 nitrogen and oxygen atoms in total. The molecule has 3 rings (SSSR count). The summed E-state index contributed by atoms with van der Waals surface area (Å²) in [5, 5.41) is 7.17. The van der Waals surface area contributed by atoms with E-state index in [0.717, 1.165) is 63.1 Å². The van der Waals surface area contributed by atoms with Crippen LogP contribution in [-0.2, 0) is 6.54 Å². The third kappa shape index (κ3) is 7.88. The molecular weight excluding hydrogens is 372 g/mol. The topological polar surface area (TPSA) is 55.8 Å². The van der Waals surface area contributed by atoms with Gasteiger partial charge < -0.3 is 15.5 Å². The normalized spacial score (nSPS) is 22.4. The maximum atomic E-state index is 4.98. The van der Waals surface area contributed by atoms with Gasteiger partial charge in [0.05, 0.1) is 5.69 Å². The van der Waals surface area contributed by atoms with Gasteiger partial charge in [0.15, 0.2) is 5.96 Å². The molecule has 0 spiro atoms. The lowest BCUT2D eigenvalue weighted by atomic mass is 9.97. The molecule has 0 radical (unpaired) electrons. The van der Waals surface area contributed by atoms with Crippen LogP contribution in [0.3, 0.4) is 0 Å². The van der Waals surface area contributed by atoms with Gasteiger partial charge >= 0.3 is 0 Å². The van der Waals surface area contributed by atoms with Gasteiger partial charge in [-0.2, -0.15) is 0 Å². The summed E-state index contributed by atoms with van der Waals surface area (Å²) in [7, 11) is 0. The molecule has 0 saturated carbocycles. The van der Waals surface area contributed by atoms with Crippen LogP contribution in [0.1, 0.15) is 52.1 Å². The van der Waals surface area contributed by atoms with Crippen molar-refractivity contribution in [3.05, 3.63) is 30.1 Å². The van der Waals surface area contributed by atoms with Gasteiger partial charge in [-0.05, 0) is 63.1 Å². The highest BCUT2D eigenvalue weighted by molar-refractivity contribution is 5.80. The Morgan fingerprint density at radius 3 is 2.70 bits per heavy atom. The van der Waals surface area contributed by atoms with Crippen LogP contribution in [-0.4, -0.2) is 72.6 Å². The summed E-state index contributed by atoms with van der Waals surface area (Å²) in [6, 6.07) is 6.68. The van der Waals surface area contributed by atoms with Gasteiger partial charge in [0, 0.05) is 58.1 Å². The number of guanidine groups is 1. The number of pyridine rings is 1. The Kier molecular flexibility index (Phi) is 9.40. The minimum Gasteiger partial charge on any atom is -0.357 e. The number of nitrogens with zero attached hydrogens (tertiary/aromatic N) is 4. The highest BCUT2D eigenvalue weighted by atomic mass is 15.2. The predicted molar refractivity (Wildman–Crippen MR) is 126 cm³/mol. The van der Waals surface area contributed by atoms with Crippen LogP contribution in [0, 0.1) is 11.8 Å². The lowest BCUT2D eigenvalue weighted by Gasteiger charge is -2.34. The van der Waals surface area contributed by atoms with Crippen molar-refractivity contribution in [2.75, 3.05) is 45.8 Å². The summed E-state index contributed by atoms with van der Waals surface area (Å²) >= 11 is 0. The molecule has 2 saturated heterocycles. The van der Waals surface area contributed by atoms with E-state index >= 15 is 0 Å². The van der Waals surface area contributed by atoms with E-state index in [0.29, 0.717) is 12.0 Å². The number of hydrogen-bond acceptors (Lipinski definition) is 4. The van der Waals surface area contributed by atoms with Crippen molar-refractivity contribution in [3.8, 4) is 0 Å². The first-order valence-corrected chi connectivity index (χ1v) is 12.0. The third-order valence-corrected chi connectivity index (χ3v) is 6.12. The molecule has 6 heteroatoms. The second-order valence-electron chi connectivity index (χ2n) is 9.40. The summed E-state index contributed by atoms with van der Waals surface area (Å²) in [6.07, 6.45) is 6.82. The van der Waals surface area contributed by atoms with Crippen molar-refractivity contribution in [3.63, 3.8) is 0 Å². The van der Waals surface area contributed by atoms with Gasteiger partial charge in [-0.15, -0.1) is 0 Å². The molecule has 2 aliphatic rings. The molecule has 0 aromatic carbocycles. The van der Waals surface area contributed by atoms with Gasteiger partial charge in [-0.1, -0.05) is 19.9 Å². The minimum atomic E-state index is 0.506. The quantitative estimate of drug-likeness (QED) is 0.506. The monoisotopic (exact) mass is 414 g/mol. The predicted octanol–water partition coefficient (Wildman–Crippen LogP) is 2.97. The molecule has 1 aromatic rings. The number of aliphatic imine (C=N–C) groups is 1. The van der Waals surface area contributed by atoms with Crippen molar-refractivity contribution < 1.29 is 0 Å². The highest BCUT2D eigenvalue weighted by Gasteiger charge is 2.22. The van der Waals surface area contributed by atoms with Crippen molar-refractivity contribution in [1.29, 1.82) is 0 Å². The second-order valence-corrected chi connectivity index (χ2v) is 9.40. The molecule has 2 N–H and O–H groups in total. The van der Waals surface area contributed by atoms with Crippen molar-refractivity contribution in [1.82, 2.24) is 25.4 Å². The first-order chi connectivity index (χ1) is 14.6. The standard InChI is InChI=1S/C24H42N6/c1-4-25-24(27-16-21-8-7-13-30(18-21)17-20(2)3)28-22-10-14-29(15-11-22)19-23-9-5-6-12-26-23/h5-6,9,12,20-22H,4,7-8,10-11,13-19H2,1-3H3,(H2,25,27,28). The zero-order chi connectivity index (χ0) is 21.2. The van der Waals surface area contributed by atoms with Gasteiger partial charge in [-0.25, -0.2) is 0 Å². The van der Waals surface area contributed by atoms with Crippen LogP contribution in [0.5, 0.6) is 0 Å². The van der Waals surface area contributed by atoms with Gasteiger partial charge in [0.1, 0.15) is 0 Å². The third-order valence-electron chi connectivity index (χ3n) is 6.12. The summed E-state index contributed by atoms with van der Waals surface area (Å²) < 4.78 is 0. The molecule has 1 aromatic heterocycles. The Hall–Kier alpha value is -1.66. The molecule has 0 amide bonds. The average Bonchev–Trinajstić information content (AvgIpc) is 2.74. The zero-order valence-corrected chi connectivity index (χ0v) is 19.3. The number of rotatable bonds is 8. The first kappa shape index (κ1) is 23.0. The smallest absolute Gasteiger partial charge is 0.191 e. The summed E-state index contributed by atoms with van der Waals surface area (Å²) in [5.74, 6) is 2.43. The molecule has 1 atom stereocenters. The van der Waals surface area contributed by atoms with E-state index in [1.165, 1.54) is 32.5 Å². The van der Waals surface area contributed by atoms with E-state index in [9.17, 15) is 0 Å². The van der Waals surface area contributed by atoms with Crippen LogP contribution >= 0.6 is 0 Å². The Morgan fingerprint density at radius 1 is 1.17 bits per heavy atom. The number of piperidine rings is 2. The highest BCUT2D eigenvalue weighted by Crippen LogP contribution is 2.18. The fourth-order valence-corrected chi connectivity index (χ4v) is 4.67. The summed E-state index contributed by atoms with van der Waals surface area (Å²) in [6.45, 7) is 15.5. The molecule has 2 fully saturated rings. The molecular formula is C24H42N6. The maximum absolute atomic E-state index is 4.98. The van der Waals surface area contributed by atoms with E-state index in [-0.39, 0.29) is 0 Å². The fraction of sp³-hybridized carbons (Fsp3) is 0.750. The Balaban J connectivity index is 1.43. The van der Waals surface area contributed by atoms with Gasteiger partial charge in [0.25, 0.3) is 0 Å². The molecule has 30 heavy (non-hydrogen) atoms. The SMILES string of the molecule is CCNC(=NCC1CCCN(CC(C)C)C1)NC1CCN(Cc2ccccn2)CC1. The van der Waals surface area contributed by atoms with Crippen LogP contribution in [0.15, 0.2) is 29.4 Å². The zero-order valence-electron chi connectivity index (χ0n) is 19.3. The molecule has 168 valence electrons. The largest absolute Gasteiger partial charge is 0.357 e. The number of likely N-dealkylation sites (tertiary alicyclic amines) is 2. The van der Waals surface area contributed by atoms with E-state index in [1.807, 2.05) is 12.3 Å². The Labute approximate surface area is 183 Å². The molecule has 1 unspecified atom stereocenters. The fourth-order valence-electron chi connectivity index (χ4n) is 4.67. The molecule has 2 aliphatic heterocycles. The lowest BCUT2D eigenvalue weighted by molar-refractivity contribution is 0.162. The number of nitrogens with one attached hydrogen (secondary N) is 2. The van der Waals surface area contributed by atoms with Crippen molar-refractivity contribution >= 4 is 5.96 Å². The summed E-state index contributed by atoms with van der Waals surface area (Å²) in [4.78, 5) is 14.6. The van der Waals surface area contributed by atoms with Crippen LogP contribution < -0.4 is 10.6 Å². The van der Waals surface area contributed by atoms with E-state index in [1.54, 1.807) is 0 Å². The maximum Gasteiger partial charge on any atom is 0.191 e. The Morgan fingerprint density at radius 2 is 2.00 bits per heavy atom. The Bertz CT molecular complexity index is 624. The van der Waals surface area contributed by atoms with Crippen LogP contribution in [0.4, 0.5) is 0 Å². The van der Waals surface area contributed by atoms with Gasteiger partial charge in [-0.3, -0.25) is 14.9 Å². The summed E-state index contributed by atoms with van der Waals surface area (Å²) in [5.41, 5.74) is 1.16. The molecule has 0 aliphatic carbocycles. The van der Waals surface area contributed by atoms with Crippen molar-refractivity contribution in [2.24, 2.45) is 16.8 Å². The lowest BCUT2D eigenvalue weighted by Crippen LogP contribution is -2.48. The van der Waals surface area contributed by atoms with Crippen molar-refractivity contribution in [2.45, 2.75) is 59.0 Å². The van der Waals surface area contributed by atoms with E-state index in [2.05, 4.69) is 58.3 Å². The minimum absolute atomic E-state index is 0.506. The van der Waals surface area contributed by atoms with Crippen LogP contribution in [0.2, 0.25) is 0 Å². The first-order valence-electron chi connectivity index (χ1n) is 12.0. The number of aromatic nitrogens is 1. The van der Waals surface area contributed by atoms with Crippen LogP contribution in [0.25, 0.3) is 0 Å².